The number of halogens is 1. The Labute approximate surface area is 125 Å². The van der Waals surface area contributed by atoms with Crippen molar-refractivity contribution >= 4 is 11.6 Å². The number of nitrogens with zero attached hydrogens (tertiary/aromatic N) is 1. The zero-order chi connectivity index (χ0) is 15.4. The lowest BCUT2D eigenvalue weighted by Crippen LogP contribution is -2.49. The quantitative estimate of drug-likeness (QED) is 0.895. The molecule has 0 spiro atoms. The van der Waals surface area contributed by atoms with Gasteiger partial charge in [0.2, 0.25) is 5.91 Å². The van der Waals surface area contributed by atoms with E-state index in [4.69, 9.17) is 0 Å². The SMILES string of the molecule is Cc1ccc(NC(=O)CN2CCCC(C)C2CO)cc1F. The van der Waals surface area contributed by atoms with E-state index in [1.165, 1.54) is 6.07 Å². The number of anilines is 1. The molecule has 1 heterocycles. The smallest absolute Gasteiger partial charge is 0.238 e. The summed E-state index contributed by atoms with van der Waals surface area (Å²) in [5.74, 6) is -0.119. The minimum atomic E-state index is -0.326. The number of hydrogen-bond acceptors (Lipinski definition) is 3. The molecular weight excluding hydrogens is 271 g/mol. The highest BCUT2D eigenvalue weighted by Crippen LogP contribution is 2.22. The van der Waals surface area contributed by atoms with E-state index >= 15 is 0 Å². The third kappa shape index (κ3) is 4.02. The van der Waals surface area contributed by atoms with Crippen molar-refractivity contribution in [3.63, 3.8) is 0 Å². The van der Waals surface area contributed by atoms with Gasteiger partial charge in [-0.15, -0.1) is 0 Å². The van der Waals surface area contributed by atoms with Crippen molar-refractivity contribution in [3.8, 4) is 0 Å². The summed E-state index contributed by atoms with van der Waals surface area (Å²) in [6, 6.07) is 4.69. The Morgan fingerprint density at radius 3 is 2.95 bits per heavy atom. The third-order valence-electron chi connectivity index (χ3n) is 4.22. The number of carbonyl (C=O) groups excluding carboxylic acids is 1. The number of benzene rings is 1. The number of piperidine rings is 1. The standard InChI is InChI=1S/C16H23FN2O2/c1-11-5-6-13(8-14(11)17)18-16(21)9-19-7-3-4-12(2)15(19)10-20/h5-6,8,12,15,20H,3-4,7,9-10H2,1-2H3,(H,18,21). The van der Waals surface area contributed by atoms with Gasteiger partial charge in [0.25, 0.3) is 0 Å². The van der Waals surface area contributed by atoms with Gasteiger partial charge in [-0.2, -0.15) is 0 Å². The molecule has 0 radical (unpaired) electrons. The minimum absolute atomic E-state index is 0.0271. The van der Waals surface area contributed by atoms with E-state index in [1.54, 1.807) is 19.1 Å². The summed E-state index contributed by atoms with van der Waals surface area (Å²) >= 11 is 0. The van der Waals surface area contributed by atoms with Gasteiger partial charge in [0.05, 0.1) is 13.2 Å². The Kier molecular flexibility index (Phi) is 5.31. The average molecular weight is 294 g/mol. The van der Waals surface area contributed by atoms with Crippen LogP contribution in [0.4, 0.5) is 10.1 Å². The maximum atomic E-state index is 13.5. The van der Waals surface area contributed by atoms with Crippen molar-refractivity contribution < 1.29 is 14.3 Å². The number of nitrogens with one attached hydrogen (secondary N) is 1. The van der Waals surface area contributed by atoms with Crippen LogP contribution in [0.3, 0.4) is 0 Å². The molecule has 5 heteroatoms. The number of likely N-dealkylation sites (tertiary alicyclic amines) is 1. The van der Waals surface area contributed by atoms with Crippen LogP contribution in [-0.2, 0) is 4.79 Å². The second-order valence-electron chi connectivity index (χ2n) is 5.85. The largest absolute Gasteiger partial charge is 0.395 e. The van der Waals surface area contributed by atoms with Crippen LogP contribution in [0.25, 0.3) is 0 Å². The summed E-state index contributed by atoms with van der Waals surface area (Å²) < 4.78 is 13.5. The molecule has 2 atom stereocenters. The van der Waals surface area contributed by atoms with Crippen molar-refractivity contribution in [1.82, 2.24) is 4.90 Å². The van der Waals surface area contributed by atoms with E-state index in [0.717, 1.165) is 19.4 Å². The van der Waals surface area contributed by atoms with Crippen molar-refractivity contribution in [2.75, 3.05) is 25.0 Å². The highest BCUT2D eigenvalue weighted by molar-refractivity contribution is 5.92. The van der Waals surface area contributed by atoms with Crippen LogP contribution in [0.15, 0.2) is 18.2 Å². The lowest BCUT2D eigenvalue weighted by atomic mass is 9.91. The second-order valence-corrected chi connectivity index (χ2v) is 5.85. The molecule has 2 N–H and O–H groups in total. The van der Waals surface area contributed by atoms with Gasteiger partial charge in [-0.05, 0) is 49.9 Å². The Morgan fingerprint density at radius 1 is 1.52 bits per heavy atom. The molecule has 2 unspecified atom stereocenters. The molecule has 1 aromatic rings. The molecule has 2 rings (SSSR count). The van der Waals surface area contributed by atoms with Crippen LogP contribution < -0.4 is 5.32 Å². The van der Waals surface area contributed by atoms with Crippen LogP contribution in [0.2, 0.25) is 0 Å². The summed E-state index contributed by atoms with van der Waals surface area (Å²) in [7, 11) is 0. The predicted molar refractivity (Wildman–Crippen MR) is 80.6 cm³/mol. The first-order chi connectivity index (χ1) is 10.0. The molecule has 1 aromatic carbocycles. The number of aryl methyl sites for hydroxylation is 1. The first-order valence-electron chi connectivity index (χ1n) is 7.42. The van der Waals surface area contributed by atoms with Gasteiger partial charge in [-0.1, -0.05) is 13.0 Å². The van der Waals surface area contributed by atoms with E-state index in [1.807, 2.05) is 4.90 Å². The van der Waals surface area contributed by atoms with Gasteiger partial charge in [0, 0.05) is 11.7 Å². The van der Waals surface area contributed by atoms with Crippen LogP contribution in [0.5, 0.6) is 0 Å². The molecule has 0 aromatic heterocycles. The van der Waals surface area contributed by atoms with Gasteiger partial charge < -0.3 is 10.4 Å². The first kappa shape index (κ1) is 15.9. The molecule has 1 fully saturated rings. The molecule has 4 nitrogen and oxygen atoms in total. The second kappa shape index (κ2) is 7.00. The van der Waals surface area contributed by atoms with Gasteiger partial charge >= 0.3 is 0 Å². The van der Waals surface area contributed by atoms with Crippen LogP contribution in [0.1, 0.15) is 25.3 Å². The van der Waals surface area contributed by atoms with E-state index in [9.17, 15) is 14.3 Å². The van der Waals surface area contributed by atoms with Crippen molar-refractivity contribution in [2.24, 2.45) is 5.92 Å². The normalized spacial score (nSPS) is 23.0. The number of hydrogen-bond donors (Lipinski definition) is 2. The fraction of sp³-hybridized carbons (Fsp3) is 0.562. The van der Waals surface area contributed by atoms with E-state index in [2.05, 4.69) is 12.2 Å². The lowest BCUT2D eigenvalue weighted by molar-refractivity contribution is -0.118. The van der Waals surface area contributed by atoms with Gasteiger partial charge in [-0.3, -0.25) is 9.69 Å². The Hall–Kier alpha value is -1.46. The summed E-state index contributed by atoms with van der Waals surface area (Å²) in [4.78, 5) is 14.1. The molecular formula is C16H23FN2O2. The molecule has 21 heavy (non-hydrogen) atoms. The van der Waals surface area contributed by atoms with E-state index in [0.29, 0.717) is 17.2 Å². The molecule has 1 aliphatic heterocycles. The van der Waals surface area contributed by atoms with Crippen molar-refractivity contribution in [1.29, 1.82) is 0 Å². The molecule has 0 aliphatic carbocycles. The highest BCUT2D eigenvalue weighted by atomic mass is 19.1. The topological polar surface area (TPSA) is 52.6 Å². The summed E-state index contributed by atoms with van der Waals surface area (Å²) in [6.07, 6.45) is 2.11. The fourth-order valence-corrected chi connectivity index (χ4v) is 2.88. The number of amides is 1. The summed E-state index contributed by atoms with van der Waals surface area (Å²) in [5.41, 5.74) is 1.02. The number of carbonyl (C=O) groups is 1. The average Bonchev–Trinajstić information content (AvgIpc) is 2.43. The number of aliphatic hydroxyl groups excluding tert-OH is 1. The van der Waals surface area contributed by atoms with E-state index < -0.39 is 0 Å². The number of rotatable bonds is 4. The zero-order valence-corrected chi connectivity index (χ0v) is 12.6. The Bertz CT molecular complexity index is 507. The molecule has 0 bridgehead atoms. The summed E-state index contributed by atoms with van der Waals surface area (Å²) in [5, 5.41) is 12.2. The van der Waals surface area contributed by atoms with Crippen LogP contribution >= 0.6 is 0 Å². The number of aliphatic hydroxyl groups is 1. The van der Waals surface area contributed by atoms with E-state index in [-0.39, 0.29) is 30.9 Å². The molecule has 116 valence electrons. The third-order valence-corrected chi connectivity index (χ3v) is 4.22. The maximum absolute atomic E-state index is 13.5. The van der Waals surface area contributed by atoms with Crippen LogP contribution in [0, 0.1) is 18.7 Å². The van der Waals surface area contributed by atoms with Gasteiger partial charge in [0.15, 0.2) is 0 Å². The predicted octanol–water partition coefficient (Wildman–Crippen LogP) is 2.17. The Balaban J connectivity index is 1.95. The first-order valence-corrected chi connectivity index (χ1v) is 7.42. The molecule has 1 amide bonds. The maximum Gasteiger partial charge on any atom is 0.238 e. The van der Waals surface area contributed by atoms with Crippen molar-refractivity contribution in [3.05, 3.63) is 29.6 Å². The molecule has 1 aliphatic rings. The molecule has 1 saturated heterocycles. The van der Waals surface area contributed by atoms with Crippen LogP contribution in [-0.4, -0.2) is 41.7 Å². The minimum Gasteiger partial charge on any atom is -0.395 e. The summed E-state index contributed by atoms with van der Waals surface area (Å²) in [6.45, 7) is 4.88. The molecule has 0 saturated carbocycles. The fourth-order valence-electron chi connectivity index (χ4n) is 2.88. The lowest BCUT2D eigenvalue weighted by Gasteiger charge is -2.38. The van der Waals surface area contributed by atoms with Gasteiger partial charge in [-0.25, -0.2) is 4.39 Å². The Morgan fingerprint density at radius 2 is 2.29 bits per heavy atom. The van der Waals surface area contributed by atoms with Gasteiger partial charge in [0.1, 0.15) is 5.82 Å². The van der Waals surface area contributed by atoms with Crippen molar-refractivity contribution in [2.45, 2.75) is 32.7 Å². The monoisotopic (exact) mass is 294 g/mol. The highest BCUT2D eigenvalue weighted by Gasteiger charge is 2.29. The zero-order valence-electron chi connectivity index (χ0n) is 12.6.